The molecular weight excluding hydrogens is 345 g/mol. The molecule has 20 heavy (non-hydrogen) atoms. The lowest BCUT2D eigenvalue weighted by atomic mass is 9.93. The van der Waals surface area contributed by atoms with Crippen LogP contribution in [0.1, 0.15) is 29.7 Å². The minimum absolute atomic E-state index is 0.198. The first kappa shape index (κ1) is 13.9. The van der Waals surface area contributed by atoms with Crippen molar-refractivity contribution < 1.29 is 9.13 Å². The maximum Gasteiger partial charge on any atom is 0.127 e. The zero-order chi connectivity index (χ0) is 14.3. The molecule has 0 radical (unpaired) electrons. The van der Waals surface area contributed by atoms with Crippen molar-refractivity contribution in [3.8, 4) is 5.75 Å². The van der Waals surface area contributed by atoms with E-state index in [0.717, 1.165) is 10.0 Å². The van der Waals surface area contributed by atoms with Gasteiger partial charge in [0.15, 0.2) is 0 Å². The Labute approximate surface area is 129 Å². The predicted molar refractivity (Wildman–Crippen MR) is 80.5 cm³/mol. The van der Waals surface area contributed by atoms with E-state index < -0.39 is 0 Å². The van der Waals surface area contributed by atoms with E-state index in [4.69, 9.17) is 22.1 Å². The largest absolute Gasteiger partial charge is 0.485 e. The Morgan fingerprint density at radius 2 is 2.00 bits per heavy atom. The summed E-state index contributed by atoms with van der Waals surface area (Å²) in [4.78, 5) is 0. The highest BCUT2D eigenvalue weighted by atomic mass is 79.9. The molecule has 0 amide bonds. The van der Waals surface area contributed by atoms with E-state index in [1.165, 1.54) is 12.1 Å². The fourth-order valence-electron chi connectivity index (χ4n) is 2.43. The molecule has 0 aliphatic carbocycles. The number of fused-ring (bicyclic) bond motifs is 1. The molecule has 0 saturated heterocycles. The van der Waals surface area contributed by atoms with Gasteiger partial charge in [0.05, 0.1) is 0 Å². The third kappa shape index (κ3) is 2.55. The predicted octanol–water partition coefficient (Wildman–Crippen LogP) is 4.77. The minimum atomic E-state index is -0.301. The molecule has 2 atom stereocenters. The molecule has 0 saturated carbocycles. The van der Waals surface area contributed by atoms with Crippen LogP contribution in [0.2, 0.25) is 5.02 Å². The van der Waals surface area contributed by atoms with Crippen molar-refractivity contribution in [1.29, 1.82) is 0 Å². The molecule has 0 bridgehead atoms. The Kier molecular flexibility index (Phi) is 3.71. The van der Waals surface area contributed by atoms with Crippen LogP contribution < -0.4 is 10.5 Å². The molecule has 2 nitrogen and oxygen atoms in total. The number of hydrogen-bond donors (Lipinski definition) is 1. The normalized spacial score (nSPS) is 21.2. The van der Waals surface area contributed by atoms with E-state index in [9.17, 15) is 4.39 Å². The quantitative estimate of drug-likeness (QED) is 0.799. The zero-order valence-corrected chi connectivity index (χ0v) is 12.8. The van der Waals surface area contributed by atoms with Crippen LogP contribution in [0.3, 0.4) is 0 Å². The van der Waals surface area contributed by atoms with Crippen molar-refractivity contribution in [3.05, 3.63) is 62.8 Å². The molecule has 2 aromatic carbocycles. The first-order valence-corrected chi connectivity index (χ1v) is 7.38. The van der Waals surface area contributed by atoms with Crippen LogP contribution in [-0.2, 0) is 0 Å². The van der Waals surface area contributed by atoms with Crippen LogP contribution in [0, 0.1) is 5.82 Å². The molecule has 1 unspecified atom stereocenters. The summed E-state index contributed by atoms with van der Waals surface area (Å²) >= 11 is 9.53. The maximum absolute atomic E-state index is 13.3. The summed E-state index contributed by atoms with van der Waals surface area (Å²) in [5.74, 6) is 0.326. The van der Waals surface area contributed by atoms with Crippen molar-refractivity contribution in [2.45, 2.75) is 18.6 Å². The van der Waals surface area contributed by atoms with Gasteiger partial charge >= 0.3 is 0 Å². The Morgan fingerprint density at radius 1 is 1.20 bits per heavy atom. The molecule has 5 heteroatoms. The Balaban J connectivity index is 1.99. The second-order valence-corrected chi connectivity index (χ2v) is 6.09. The van der Waals surface area contributed by atoms with E-state index in [-0.39, 0.29) is 18.0 Å². The second kappa shape index (κ2) is 5.35. The smallest absolute Gasteiger partial charge is 0.127 e. The fourth-order valence-corrected chi connectivity index (χ4v) is 3.11. The summed E-state index contributed by atoms with van der Waals surface area (Å²) in [6, 6.07) is 9.72. The number of nitrogens with two attached hydrogens (primary N) is 1. The average Bonchev–Trinajstić information content (AvgIpc) is 2.42. The van der Waals surface area contributed by atoms with Gasteiger partial charge in [0.2, 0.25) is 0 Å². The average molecular weight is 357 g/mol. The molecule has 104 valence electrons. The number of rotatable bonds is 1. The topological polar surface area (TPSA) is 35.2 Å². The SMILES string of the molecule is N[C@H]1CC(c2cc(Cl)ccc2Br)Oc2ccc(F)cc21. The maximum atomic E-state index is 13.3. The number of benzene rings is 2. The van der Waals surface area contributed by atoms with E-state index in [1.807, 2.05) is 12.1 Å². The van der Waals surface area contributed by atoms with Gasteiger partial charge in [-0.15, -0.1) is 0 Å². The summed E-state index contributed by atoms with van der Waals surface area (Å²) in [7, 11) is 0. The highest BCUT2D eigenvalue weighted by Crippen LogP contribution is 2.42. The summed E-state index contributed by atoms with van der Waals surface area (Å²) < 4.78 is 20.1. The molecule has 0 fully saturated rings. The standard InChI is InChI=1S/C15H12BrClFNO/c16-12-3-1-8(17)5-10(12)15-7-13(19)11-6-9(18)2-4-14(11)20-15/h1-6,13,15H,7,19H2/t13-,15?/m0/s1. The monoisotopic (exact) mass is 355 g/mol. The molecule has 3 rings (SSSR count). The van der Waals surface area contributed by atoms with Gasteiger partial charge in [-0.2, -0.15) is 0 Å². The van der Waals surface area contributed by atoms with Crippen LogP contribution in [-0.4, -0.2) is 0 Å². The number of halogens is 3. The third-order valence-corrected chi connectivity index (χ3v) is 4.37. The molecule has 2 N–H and O–H groups in total. The van der Waals surface area contributed by atoms with Gasteiger partial charge in [0, 0.05) is 33.1 Å². The first-order chi connectivity index (χ1) is 9.54. The van der Waals surface area contributed by atoms with Crippen molar-refractivity contribution in [2.24, 2.45) is 5.73 Å². The molecule has 0 aromatic heterocycles. The first-order valence-electron chi connectivity index (χ1n) is 6.21. The Bertz CT molecular complexity index is 664. The summed E-state index contributed by atoms with van der Waals surface area (Å²) in [6.45, 7) is 0. The van der Waals surface area contributed by atoms with E-state index in [1.54, 1.807) is 12.1 Å². The van der Waals surface area contributed by atoms with Gasteiger partial charge in [-0.1, -0.05) is 27.5 Å². The van der Waals surface area contributed by atoms with Crippen molar-refractivity contribution in [3.63, 3.8) is 0 Å². The lowest BCUT2D eigenvalue weighted by Gasteiger charge is -2.31. The molecule has 1 aliphatic rings. The van der Waals surface area contributed by atoms with E-state index in [2.05, 4.69) is 15.9 Å². The van der Waals surface area contributed by atoms with Crippen molar-refractivity contribution in [2.75, 3.05) is 0 Å². The van der Waals surface area contributed by atoms with Crippen LogP contribution in [0.5, 0.6) is 5.75 Å². The van der Waals surface area contributed by atoms with Gasteiger partial charge in [-0.05, 0) is 36.4 Å². The van der Waals surface area contributed by atoms with E-state index >= 15 is 0 Å². The summed E-state index contributed by atoms with van der Waals surface area (Å²) in [6.07, 6.45) is 0.381. The zero-order valence-electron chi connectivity index (χ0n) is 10.4. The number of ether oxygens (including phenoxy) is 1. The molecule has 1 aliphatic heterocycles. The van der Waals surface area contributed by atoms with Crippen LogP contribution >= 0.6 is 27.5 Å². The fraction of sp³-hybridized carbons (Fsp3) is 0.200. The summed E-state index contributed by atoms with van der Waals surface area (Å²) in [5.41, 5.74) is 7.79. The Morgan fingerprint density at radius 3 is 2.80 bits per heavy atom. The minimum Gasteiger partial charge on any atom is -0.485 e. The van der Waals surface area contributed by atoms with Gasteiger partial charge in [-0.3, -0.25) is 0 Å². The molecule has 2 aromatic rings. The highest BCUT2D eigenvalue weighted by molar-refractivity contribution is 9.10. The van der Waals surface area contributed by atoms with Crippen LogP contribution in [0.15, 0.2) is 40.9 Å². The molecule has 0 spiro atoms. The molecule has 1 heterocycles. The number of hydrogen-bond acceptors (Lipinski definition) is 2. The Hall–Kier alpha value is -1.10. The summed E-state index contributed by atoms with van der Waals surface area (Å²) in [5, 5.41) is 0.644. The third-order valence-electron chi connectivity index (χ3n) is 3.41. The second-order valence-electron chi connectivity index (χ2n) is 4.80. The van der Waals surface area contributed by atoms with Gasteiger partial charge in [0.25, 0.3) is 0 Å². The van der Waals surface area contributed by atoms with Gasteiger partial charge in [0.1, 0.15) is 17.7 Å². The van der Waals surface area contributed by atoms with Gasteiger partial charge < -0.3 is 10.5 Å². The van der Waals surface area contributed by atoms with E-state index in [0.29, 0.717) is 22.8 Å². The van der Waals surface area contributed by atoms with Crippen molar-refractivity contribution in [1.82, 2.24) is 0 Å². The van der Waals surface area contributed by atoms with Crippen molar-refractivity contribution >= 4 is 27.5 Å². The van der Waals surface area contributed by atoms with Gasteiger partial charge in [-0.25, -0.2) is 4.39 Å². The molecular formula is C15H12BrClFNO. The highest BCUT2D eigenvalue weighted by Gasteiger charge is 2.28. The van der Waals surface area contributed by atoms with Crippen LogP contribution in [0.25, 0.3) is 0 Å². The lowest BCUT2D eigenvalue weighted by molar-refractivity contribution is 0.160. The lowest BCUT2D eigenvalue weighted by Crippen LogP contribution is -2.24. The van der Waals surface area contributed by atoms with Crippen LogP contribution in [0.4, 0.5) is 4.39 Å².